The van der Waals surface area contributed by atoms with Gasteiger partial charge in [0.25, 0.3) is 0 Å². The molecule has 0 spiro atoms. The van der Waals surface area contributed by atoms with Gasteiger partial charge in [-0.15, -0.1) is 0 Å². The zero-order valence-corrected chi connectivity index (χ0v) is 14.1. The van der Waals surface area contributed by atoms with Gasteiger partial charge >= 0.3 is 0 Å². The lowest BCUT2D eigenvalue weighted by Crippen LogP contribution is -2.28. The van der Waals surface area contributed by atoms with E-state index in [0.29, 0.717) is 18.7 Å². The number of aromatic nitrogens is 2. The molecule has 0 unspecified atom stereocenters. The van der Waals surface area contributed by atoms with Crippen LogP contribution in [0.5, 0.6) is 0 Å². The maximum Gasteiger partial charge on any atom is 0.247 e. The van der Waals surface area contributed by atoms with E-state index in [1.54, 1.807) is 47.9 Å². The van der Waals surface area contributed by atoms with E-state index in [2.05, 4.69) is 9.97 Å². The molecule has 0 radical (unpaired) electrons. The van der Waals surface area contributed by atoms with Crippen LogP contribution in [0.15, 0.2) is 79.4 Å². The summed E-state index contributed by atoms with van der Waals surface area (Å²) < 4.78 is 13.3. The molecule has 0 aliphatic carbocycles. The second-order valence-corrected chi connectivity index (χ2v) is 5.80. The van der Waals surface area contributed by atoms with E-state index in [1.807, 2.05) is 24.3 Å². The number of hydrogen-bond donors (Lipinski definition) is 0. The molecule has 0 saturated heterocycles. The molecule has 5 heteroatoms. The fourth-order valence-corrected chi connectivity index (χ4v) is 2.52. The zero-order chi connectivity index (χ0) is 18.2. The van der Waals surface area contributed by atoms with Crippen molar-refractivity contribution in [1.29, 1.82) is 0 Å². The molecule has 4 nitrogen and oxygen atoms in total. The minimum absolute atomic E-state index is 0.157. The van der Waals surface area contributed by atoms with E-state index in [0.717, 1.165) is 11.1 Å². The molecular formula is C21H18FN3O. The summed E-state index contributed by atoms with van der Waals surface area (Å²) in [7, 11) is 0. The third-order valence-electron chi connectivity index (χ3n) is 3.80. The predicted molar refractivity (Wildman–Crippen MR) is 98.2 cm³/mol. The summed E-state index contributed by atoms with van der Waals surface area (Å²) in [4.78, 5) is 22.5. The average Bonchev–Trinajstić information content (AvgIpc) is 2.67. The van der Waals surface area contributed by atoms with Crippen LogP contribution in [0.25, 0.3) is 6.08 Å². The van der Waals surface area contributed by atoms with E-state index in [9.17, 15) is 9.18 Å². The molecule has 0 saturated carbocycles. The fourth-order valence-electron chi connectivity index (χ4n) is 2.52. The Hall–Kier alpha value is -3.34. The number of hydrogen-bond acceptors (Lipinski definition) is 3. The molecule has 130 valence electrons. The summed E-state index contributed by atoms with van der Waals surface area (Å²) in [5.41, 5.74) is 2.56. The number of amides is 1. The van der Waals surface area contributed by atoms with Crippen LogP contribution in [0.4, 0.5) is 4.39 Å². The van der Waals surface area contributed by atoms with Crippen molar-refractivity contribution in [3.05, 3.63) is 102 Å². The van der Waals surface area contributed by atoms with Gasteiger partial charge in [-0.1, -0.05) is 18.2 Å². The second-order valence-electron chi connectivity index (χ2n) is 5.80. The van der Waals surface area contributed by atoms with Crippen LogP contribution in [0, 0.1) is 5.82 Å². The fraction of sp³-hybridized carbons (Fsp3) is 0.0952. The quantitative estimate of drug-likeness (QED) is 0.636. The summed E-state index contributed by atoms with van der Waals surface area (Å²) in [6.07, 6.45) is 9.92. The summed E-state index contributed by atoms with van der Waals surface area (Å²) in [6, 6.07) is 13.6. The Morgan fingerprint density at radius 1 is 0.962 bits per heavy atom. The number of pyridine rings is 2. The Morgan fingerprint density at radius 2 is 1.77 bits per heavy atom. The first-order valence-corrected chi connectivity index (χ1v) is 8.21. The highest BCUT2D eigenvalue weighted by Gasteiger charge is 2.12. The Morgan fingerprint density at radius 3 is 2.50 bits per heavy atom. The molecule has 0 N–H and O–H groups in total. The van der Waals surface area contributed by atoms with Crippen molar-refractivity contribution in [3.8, 4) is 0 Å². The maximum absolute atomic E-state index is 13.3. The van der Waals surface area contributed by atoms with E-state index < -0.39 is 0 Å². The van der Waals surface area contributed by atoms with Gasteiger partial charge in [0.05, 0.1) is 0 Å². The first-order chi connectivity index (χ1) is 12.7. The third kappa shape index (κ3) is 5.08. The van der Waals surface area contributed by atoms with Crippen molar-refractivity contribution in [2.75, 3.05) is 0 Å². The molecular weight excluding hydrogens is 329 g/mol. The monoisotopic (exact) mass is 347 g/mol. The Balaban J connectivity index is 1.78. The van der Waals surface area contributed by atoms with Crippen molar-refractivity contribution >= 4 is 12.0 Å². The minimum atomic E-state index is -0.330. The standard InChI is InChI=1S/C21H18FN3O/c22-20-5-1-3-17(13-20)6-7-21(26)25(15-18-8-11-23-12-9-18)16-19-4-2-10-24-14-19/h1-14H,15-16H2/b7-6-. The first-order valence-electron chi connectivity index (χ1n) is 8.21. The molecule has 2 heterocycles. The predicted octanol–water partition coefficient (Wildman–Crippen LogP) is 3.86. The van der Waals surface area contributed by atoms with E-state index >= 15 is 0 Å². The highest BCUT2D eigenvalue weighted by atomic mass is 19.1. The molecule has 26 heavy (non-hydrogen) atoms. The smallest absolute Gasteiger partial charge is 0.247 e. The van der Waals surface area contributed by atoms with Crippen LogP contribution < -0.4 is 0 Å². The van der Waals surface area contributed by atoms with Gasteiger partial charge in [0.2, 0.25) is 5.91 Å². The summed E-state index contributed by atoms with van der Waals surface area (Å²) in [5, 5.41) is 0. The van der Waals surface area contributed by atoms with Crippen LogP contribution in [0.3, 0.4) is 0 Å². The van der Waals surface area contributed by atoms with Gasteiger partial charge in [0.15, 0.2) is 0 Å². The SMILES string of the molecule is O=C(/C=C\c1cccc(F)c1)N(Cc1ccncc1)Cc1cccnc1. The lowest BCUT2D eigenvalue weighted by molar-refractivity contribution is -0.127. The van der Waals surface area contributed by atoms with Crippen molar-refractivity contribution in [3.63, 3.8) is 0 Å². The molecule has 0 bridgehead atoms. The number of halogens is 1. The van der Waals surface area contributed by atoms with Gasteiger partial charge < -0.3 is 4.90 Å². The molecule has 0 aliphatic heterocycles. The van der Waals surface area contributed by atoms with Crippen molar-refractivity contribution in [1.82, 2.24) is 14.9 Å². The normalized spacial score (nSPS) is 10.8. The van der Waals surface area contributed by atoms with E-state index in [1.165, 1.54) is 18.2 Å². The summed E-state index contributed by atoms with van der Waals surface area (Å²) in [5.74, 6) is -0.487. The highest BCUT2D eigenvalue weighted by molar-refractivity contribution is 5.91. The highest BCUT2D eigenvalue weighted by Crippen LogP contribution is 2.11. The molecule has 3 rings (SSSR count). The molecule has 1 amide bonds. The molecule has 0 aliphatic rings. The third-order valence-corrected chi connectivity index (χ3v) is 3.80. The molecule has 0 fully saturated rings. The minimum Gasteiger partial charge on any atom is -0.330 e. The lowest BCUT2D eigenvalue weighted by Gasteiger charge is -2.21. The Bertz CT molecular complexity index is 841. The van der Waals surface area contributed by atoms with Gasteiger partial charge in [-0.05, 0) is 53.1 Å². The topological polar surface area (TPSA) is 46.1 Å². The first kappa shape index (κ1) is 17.5. The van der Waals surface area contributed by atoms with Gasteiger partial charge in [-0.25, -0.2) is 4.39 Å². The van der Waals surface area contributed by atoms with Crippen molar-refractivity contribution in [2.45, 2.75) is 13.1 Å². The second kappa shape index (κ2) is 8.67. The van der Waals surface area contributed by atoms with Crippen LogP contribution >= 0.6 is 0 Å². The van der Waals surface area contributed by atoms with Gasteiger partial charge in [0.1, 0.15) is 5.82 Å². The van der Waals surface area contributed by atoms with E-state index in [4.69, 9.17) is 0 Å². The lowest BCUT2D eigenvalue weighted by atomic mass is 10.2. The Labute approximate surface area is 151 Å². The molecule has 3 aromatic rings. The zero-order valence-electron chi connectivity index (χ0n) is 14.1. The van der Waals surface area contributed by atoms with Gasteiger partial charge in [-0.3, -0.25) is 14.8 Å². The van der Waals surface area contributed by atoms with Crippen molar-refractivity contribution in [2.24, 2.45) is 0 Å². The number of carbonyl (C=O) groups is 1. The van der Waals surface area contributed by atoms with Crippen LogP contribution in [0.1, 0.15) is 16.7 Å². The van der Waals surface area contributed by atoms with Crippen LogP contribution in [-0.4, -0.2) is 20.8 Å². The van der Waals surface area contributed by atoms with Crippen molar-refractivity contribution < 1.29 is 9.18 Å². The van der Waals surface area contributed by atoms with Gasteiger partial charge in [0, 0.05) is 44.0 Å². The van der Waals surface area contributed by atoms with E-state index in [-0.39, 0.29) is 11.7 Å². The summed E-state index contributed by atoms with van der Waals surface area (Å²) in [6.45, 7) is 0.881. The largest absolute Gasteiger partial charge is 0.330 e. The number of rotatable bonds is 6. The Kier molecular flexibility index (Phi) is 5.83. The maximum atomic E-state index is 13.3. The van der Waals surface area contributed by atoms with Gasteiger partial charge in [-0.2, -0.15) is 0 Å². The van der Waals surface area contributed by atoms with Crippen LogP contribution in [0.2, 0.25) is 0 Å². The van der Waals surface area contributed by atoms with Crippen LogP contribution in [-0.2, 0) is 17.9 Å². The average molecular weight is 347 g/mol. The molecule has 1 aromatic carbocycles. The summed E-state index contributed by atoms with van der Waals surface area (Å²) >= 11 is 0. The number of carbonyl (C=O) groups excluding carboxylic acids is 1. The number of nitrogens with zero attached hydrogens (tertiary/aromatic N) is 3. The molecule has 0 atom stereocenters. The molecule has 2 aromatic heterocycles. The number of benzene rings is 1.